The molecule has 3 aromatic rings. The van der Waals surface area contributed by atoms with E-state index in [0.717, 1.165) is 11.9 Å². The number of imidazole rings is 1. The smallest absolute Gasteiger partial charge is 0.408 e. The molecule has 16 heteroatoms. The van der Waals surface area contributed by atoms with Crippen LogP contribution in [0.4, 0.5) is 4.79 Å². The zero-order chi connectivity index (χ0) is 39.7. The zero-order valence-electron chi connectivity index (χ0n) is 32.2. The van der Waals surface area contributed by atoms with E-state index in [4.69, 9.17) is 4.74 Å². The number of carbonyl (C=O) groups excluding carboxylic acids is 3. The van der Waals surface area contributed by atoms with Crippen molar-refractivity contribution >= 4 is 50.5 Å². The molecule has 15 nitrogen and oxygen atoms in total. The fourth-order valence-electron chi connectivity index (χ4n) is 8.39. The first kappa shape index (κ1) is 38.5. The van der Waals surface area contributed by atoms with Crippen molar-refractivity contribution in [1.29, 1.82) is 0 Å². The summed E-state index contributed by atoms with van der Waals surface area (Å²) in [6, 6.07) is 5.17. The van der Waals surface area contributed by atoms with Crippen LogP contribution < -0.4 is 14.8 Å². The van der Waals surface area contributed by atoms with Gasteiger partial charge in [0.25, 0.3) is 5.91 Å². The Labute approximate surface area is 320 Å². The van der Waals surface area contributed by atoms with Gasteiger partial charge in [0.15, 0.2) is 0 Å². The van der Waals surface area contributed by atoms with Gasteiger partial charge in [0.1, 0.15) is 23.7 Å². The largest absolute Gasteiger partial charge is 0.472 e. The summed E-state index contributed by atoms with van der Waals surface area (Å²) in [5.41, 5.74) is -1.74. The maximum atomic E-state index is 15.1. The number of fused-ring (bicyclic) bond motifs is 5. The summed E-state index contributed by atoms with van der Waals surface area (Å²) in [5, 5.41) is 14.2. The Morgan fingerprint density at radius 3 is 2.55 bits per heavy atom. The summed E-state index contributed by atoms with van der Waals surface area (Å²) in [6.45, 7) is 10.7. The van der Waals surface area contributed by atoms with Gasteiger partial charge in [-0.15, -0.1) is 0 Å². The summed E-state index contributed by atoms with van der Waals surface area (Å²) < 4.78 is 36.0. The number of rotatable bonds is 6. The first-order valence-corrected chi connectivity index (χ1v) is 20.6. The van der Waals surface area contributed by atoms with Crippen LogP contribution in [0.2, 0.25) is 0 Å². The molecule has 7 atom stereocenters. The molecule has 2 aliphatic heterocycles. The van der Waals surface area contributed by atoms with Crippen LogP contribution in [0.25, 0.3) is 16.7 Å². The molecule has 1 aromatic carbocycles. The summed E-state index contributed by atoms with van der Waals surface area (Å²) in [4.78, 5) is 68.2. The van der Waals surface area contributed by atoms with Crippen LogP contribution in [0.1, 0.15) is 86.5 Å². The van der Waals surface area contributed by atoms with Gasteiger partial charge in [-0.3, -0.25) is 28.4 Å². The van der Waals surface area contributed by atoms with Crippen molar-refractivity contribution in [3.8, 4) is 5.88 Å². The Morgan fingerprint density at radius 1 is 1.13 bits per heavy atom. The van der Waals surface area contributed by atoms with E-state index < -0.39 is 79.7 Å². The van der Waals surface area contributed by atoms with Crippen LogP contribution in [-0.2, 0) is 24.4 Å². The lowest BCUT2D eigenvalue weighted by Crippen LogP contribution is -2.62. The number of allylic oxidation sites excluding steroid dienone is 1. The van der Waals surface area contributed by atoms with Gasteiger partial charge in [-0.2, -0.15) is 4.98 Å². The second-order valence-corrected chi connectivity index (χ2v) is 19.5. The van der Waals surface area contributed by atoms with Crippen molar-refractivity contribution in [3.05, 3.63) is 48.8 Å². The number of hydrogen-bond donors (Lipinski definition) is 3. The number of hydrogen-bond acceptors (Lipinski definition) is 9. The Hall–Kier alpha value is -4.73. The minimum Gasteiger partial charge on any atom is -0.472 e. The van der Waals surface area contributed by atoms with E-state index in [1.54, 1.807) is 40.1 Å². The van der Waals surface area contributed by atoms with Gasteiger partial charge in [-0.1, -0.05) is 38.1 Å². The molecule has 0 bridgehead atoms. The molecule has 3 fully saturated rings. The lowest BCUT2D eigenvalue weighted by Gasteiger charge is -2.43. The van der Waals surface area contributed by atoms with Crippen molar-refractivity contribution in [2.75, 3.05) is 6.54 Å². The van der Waals surface area contributed by atoms with Crippen molar-refractivity contribution < 1.29 is 37.4 Å². The molecule has 0 spiro atoms. The fraction of sp³-hybridized carbons (Fsp3) is 0.590. The molecule has 0 radical (unpaired) electrons. The number of carboxylic acid groups (broad SMARTS) is 1. The van der Waals surface area contributed by atoms with Gasteiger partial charge in [0.2, 0.25) is 33.5 Å². The van der Waals surface area contributed by atoms with Crippen molar-refractivity contribution in [2.45, 2.75) is 121 Å². The lowest BCUT2D eigenvalue weighted by atomic mass is 9.85. The van der Waals surface area contributed by atoms with Crippen LogP contribution in [0.5, 0.6) is 5.88 Å². The minimum atomic E-state index is -4.02. The highest BCUT2D eigenvalue weighted by molar-refractivity contribution is 7.91. The fourth-order valence-corrected chi connectivity index (χ4v) is 9.71. The average Bonchev–Trinajstić information content (AvgIpc) is 3.89. The highest BCUT2D eigenvalue weighted by Gasteiger charge is 2.63. The lowest BCUT2D eigenvalue weighted by molar-refractivity contribution is -0.146. The number of nitrogens with one attached hydrogen (secondary N) is 2. The normalized spacial score (nSPS) is 30.3. The molecule has 2 saturated carbocycles. The number of nitrogens with zero attached hydrogens (tertiary/aromatic N) is 5. The molecule has 0 unspecified atom stereocenters. The van der Waals surface area contributed by atoms with E-state index in [9.17, 15) is 27.9 Å². The van der Waals surface area contributed by atoms with E-state index in [-0.39, 0.29) is 31.2 Å². The molecular formula is C39H51N7O8S. The Balaban J connectivity index is 1.28. The molecule has 2 aliphatic carbocycles. The molecule has 2 aromatic heterocycles. The predicted molar refractivity (Wildman–Crippen MR) is 203 cm³/mol. The second kappa shape index (κ2) is 13.8. The predicted octanol–water partition coefficient (Wildman–Crippen LogP) is 4.26. The van der Waals surface area contributed by atoms with Gasteiger partial charge in [-0.05, 0) is 90.2 Å². The topological polar surface area (TPSA) is 193 Å². The first-order chi connectivity index (χ1) is 25.8. The number of benzene rings is 1. The third kappa shape index (κ3) is 7.13. The Morgan fingerprint density at radius 2 is 1.85 bits per heavy atom. The van der Waals surface area contributed by atoms with Crippen LogP contribution in [0, 0.1) is 17.8 Å². The Bertz CT molecular complexity index is 2180. The second-order valence-electron chi connectivity index (χ2n) is 17.3. The van der Waals surface area contributed by atoms with Crippen LogP contribution in [0.3, 0.4) is 0 Å². The van der Waals surface area contributed by atoms with Crippen LogP contribution in [-0.4, -0.2) is 102 Å². The highest BCUT2D eigenvalue weighted by Crippen LogP contribution is 2.48. The molecule has 4 heterocycles. The van der Waals surface area contributed by atoms with Gasteiger partial charge in [0.05, 0.1) is 22.2 Å². The maximum absolute atomic E-state index is 15.1. The van der Waals surface area contributed by atoms with Crippen LogP contribution >= 0.6 is 0 Å². The highest BCUT2D eigenvalue weighted by atomic mass is 32.2. The third-order valence-corrected chi connectivity index (χ3v) is 14.1. The quantitative estimate of drug-likeness (QED) is 0.305. The van der Waals surface area contributed by atoms with Crippen molar-refractivity contribution in [1.82, 2.24) is 34.2 Å². The summed E-state index contributed by atoms with van der Waals surface area (Å²) in [6.07, 6.45) is 8.17. The van der Waals surface area contributed by atoms with Gasteiger partial charge in [0, 0.05) is 30.3 Å². The van der Waals surface area contributed by atoms with Gasteiger partial charge in [-0.25, -0.2) is 18.2 Å². The molecule has 4 amide bonds. The monoisotopic (exact) mass is 777 g/mol. The van der Waals surface area contributed by atoms with E-state index in [2.05, 4.69) is 26.9 Å². The van der Waals surface area contributed by atoms with Crippen LogP contribution in [0.15, 0.2) is 48.8 Å². The molecule has 55 heavy (non-hydrogen) atoms. The van der Waals surface area contributed by atoms with E-state index in [1.165, 1.54) is 9.80 Å². The standard InChI is InChI=1S/C39H51N7O8S/c1-23-11-7-8-12-25-21-39(25,34(49)43-55(52,53)38(6)15-16-38)42-31(47)29-20-26(54-32-27-13-9-10-14-28(27)44-18-17-40-35(44)41-32)22-45(29)33(48)30(24(2)19-23)46(36(50)51)37(3,4)5/h8-10,12-14,17-18,23-26,29-30H,7,11,15-16,19-22H2,1-6H3,(H,42,47)(H,43,49)(H,50,51)/b12-8-/t23-,24+,25+,26+,29-,30-,39+/m0/s1. The van der Waals surface area contributed by atoms with Gasteiger partial charge < -0.3 is 20.1 Å². The molecule has 1 saturated heterocycles. The average molecular weight is 778 g/mol. The number of sulfonamides is 1. The molecule has 296 valence electrons. The maximum Gasteiger partial charge on any atom is 0.408 e. The summed E-state index contributed by atoms with van der Waals surface area (Å²) in [7, 11) is -4.02. The van der Waals surface area contributed by atoms with Crippen molar-refractivity contribution in [2.24, 2.45) is 17.8 Å². The number of aromatic nitrogens is 3. The molecule has 7 rings (SSSR count). The summed E-state index contributed by atoms with van der Waals surface area (Å²) >= 11 is 0. The first-order valence-electron chi connectivity index (χ1n) is 19.1. The van der Waals surface area contributed by atoms with E-state index >= 15 is 4.79 Å². The molecular weight excluding hydrogens is 727 g/mol. The number of amides is 4. The molecule has 3 N–H and O–H groups in total. The SMILES string of the molecule is C[C@H]1CC/C=C\[C@@H]2C[C@@]2(C(=O)NS(=O)(=O)C2(C)CC2)NC(=O)[C@@H]2C[C@@H](Oc3nc4nccn4c4ccccc34)CN2C(=O)[C@@H](N(C(=O)O)C(C)(C)C)[C@H](C)C1. The number of para-hydroxylation sites is 1. The van der Waals surface area contributed by atoms with E-state index in [0.29, 0.717) is 36.8 Å². The summed E-state index contributed by atoms with van der Waals surface area (Å²) in [5.74, 6) is -2.15. The van der Waals surface area contributed by atoms with Gasteiger partial charge >= 0.3 is 6.09 Å². The number of ether oxygens (including phenoxy) is 1. The zero-order valence-corrected chi connectivity index (χ0v) is 33.0. The van der Waals surface area contributed by atoms with E-state index in [1.807, 2.05) is 47.7 Å². The minimum absolute atomic E-state index is 0.00185. The van der Waals surface area contributed by atoms with Crippen molar-refractivity contribution in [3.63, 3.8) is 0 Å². The number of carbonyl (C=O) groups is 4. The Kier molecular flexibility index (Phi) is 9.66. The molecule has 4 aliphatic rings. The third-order valence-electron chi connectivity index (χ3n) is 11.9.